The molecule has 0 aliphatic heterocycles. The van der Waals surface area contributed by atoms with Crippen LogP contribution >= 0.6 is 0 Å². The molecule has 0 saturated heterocycles. The van der Waals surface area contributed by atoms with Crippen LogP contribution in [0.2, 0.25) is 0 Å². The average molecular weight is 249 g/mol. The number of hydrogen-bond acceptors (Lipinski definition) is 3. The molecular weight excluding hydrogens is 230 g/mol. The van der Waals surface area contributed by atoms with Gasteiger partial charge >= 0.3 is 6.03 Å². The normalized spacial score (nSPS) is 9.61. The lowest BCUT2D eigenvalue weighted by Gasteiger charge is -2.09. The first-order valence-electron chi connectivity index (χ1n) is 6.04. The molecule has 18 heavy (non-hydrogen) atoms. The smallest absolute Gasteiger partial charge is 0.321 e. The summed E-state index contributed by atoms with van der Waals surface area (Å²) in [6.07, 6.45) is 4.76. The van der Waals surface area contributed by atoms with Gasteiger partial charge in [0.15, 0.2) is 0 Å². The van der Waals surface area contributed by atoms with Crippen LogP contribution in [-0.4, -0.2) is 23.5 Å². The summed E-state index contributed by atoms with van der Waals surface area (Å²) in [5.74, 6) is 0.426. The highest BCUT2D eigenvalue weighted by Crippen LogP contribution is 1.98. The van der Waals surface area contributed by atoms with E-state index in [2.05, 4.69) is 27.9 Å². The second-order valence-electron chi connectivity index (χ2n) is 3.80. The summed E-state index contributed by atoms with van der Waals surface area (Å²) in [6, 6.07) is 4.92. The van der Waals surface area contributed by atoms with Crippen molar-refractivity contribution in [3.05, 3.63) is 24.4 Å². The van der Waals surface area contributed by atoms with Gasteiger partial charge in [-0.25, -0.2) is 9.78 Å². The van der Waals surface area contributed by atoms with Gasteiger partial charge in [-0.15, -0.1) is 0 Å². The van der Waals surface area contributed by atoms with Gasteiger partial charge in [-0.2, -0.15) is 0 Å². The molecule has 0 spiro atoms. The number of aromatic nitrogens is 1. The maximum atomic E-state index is 11.4. The molecule has 0 unspecified atom stereocenters. The molecule has 6 nitrogen and oxygen atoms in total. The van der Waals surface area contributed by atoms with Crippen molar-refractivity contribution in [3.63, 3.8) is 0 Å². The minimum atomic E-state index is -0.375. The molecule has 0 saturated carbocycles. The first-order valence-corrected chi connectivity index (χ1v) is 6.04. The molecule has 1 aromatic rings. The fourth-order valence-electron chi connectivity index (χ4n) is 1.33. The molecule has 0 atom stereocenters. The molecule has 0 aliphatic rings. The molecule has 4 N–H and O–H groups in total. The third kappa shape index (κ3) is 5.83. The molecule has 0 fully saturated rings. The van der Waals surface area contributed by atoms with Crippen LogP contribution in [0, 0.1) is 5.41 Å². The van der Waals surface area contributed by atoms with Crippen molar-refractivity contribution < 1.29 is 4.79 Å². The zero-order chi connectivity index (χ0) is 13.2. The van der Waals surface area contributed by atoms with E-state index in [4.69, 9.17) is 5.41 Å². The molecule has 0 bridgehead atoms. The molecule has 0 aromatic carbocycles. The van der Waals surface area contributed by atoms with E-state index in [0.717, 1.165) is 19.3 Å². The van der Waals surface area contributed by atoms with Gasteiger partial charge in [0.25, 0.3) is 0 Å². The third-order valence-corrected chi connectivity index (χ3v) is 2.22. The van der Waals surface area contributed by atoms with Crippen LogP contribution < -0.4 is 16.0 Å². The number of anilines is 1. The molecule has 6 heteroatoms. The number of rotatable bonds is 5. The molecule has 2 amide bonds. The van der Waals surface area contributed by atoms with E-state index >= 15 is 0 Å². The maximum absolute atomic E-state index is 11.4. The number of amides is 2. The number of nitrogens with one attached hydrogen (secondary N) is 4. The molecule has 98 valence electrons. The zero-order valence-corrected chi connectivity index (χ0v) is 10.5. The number of urea groups is 1. The quantitative estimate of drug-likeness (QED) is 0.365. The minimum absolute atomic E-state index is 0.0957. The molecule has 0 radical (unpaired) electrons. The topological polar surface area (TPSA) is 89.9 Å². The first-order chi connectivity index (χ1) is 8.72. The van der Waals surface area contributed by atoms with Gasteiger partial charge in [-0.1, -0.05) is 25.8 Å². The zero-order valence-electron chi connectivity index (χ0n) is 10.5. The summed E-state index contributed by atoms with van der Waals surface area (Å²) in [5, 5.41) is 15.3. The predicted molar refractivity (Wildman–Crippen MR) is 71.6 cm³/mol. The van der Waals surface area contributed by atoms with E-state index < -0.39 is 0 Å². The lowest BCUT2D eigenvalue weighted by Crippen LogP contribution is -2.42. The van der Waals surface area contributed by atoms with Crippen molar-refractivity contribution in [3.8, 4) is 0 Å². The summed E-state index contributed by atoms with van der Waals surface area (Å²) in [6.45, 7) is 2.73. The largest absolute Gasteiger partial charge is 0.338 e. The summed E-state index contributed by atoms with van der Waals surface area (Å²) in [4.78, 5) is 15.4. The predicted octanol–water partition coefficient (Wildman–Crippen LogP) is 1.92. The standard InChI is InChI=1S/C12H19N5O/c1-2-3-5-9-15-12(18)17-11(13)16-10-7-4-6-8-14-10/h4,6-8H,2-3,5,9H2,1H3,(H4,13,14,15,16,17,18). The number of carbonyl (C=O) groups excluding carboxylic acids is 1. The average Bonchev–Trinajstić information content (AvgIpc) is 2.35. The molecule has 1 heterocycles. The molecule has 1 aromatic heterocycles. The Labute approximate surface area is 107 Å². The van der Waals surface area contributed by atoms with Gasteiger partial charge in [-0.05, 0) is 18.6 Å². The van der Waals surface area contributed by atoms with Crippen LogP contribution in [-0.2, 0) is 0 Å². The summed E-state index contributed by atoms with van der Waals surface area (Å²) >= 11 is 0. The van der Waals surface area contributed by atoms with Crippen LogP contribution in [0.25, 0.3) is 0 Å². The Morgan fingerprint density at radius 1 is 1.39 bits per heavy atom. The summed E-state index contributed by atoms with van der Waals surface area (Å²) in [7, 11) is 0. The second kappa shape index (κ2) is 8.05. The van der Waals surface area contributed by atoms with Crippen molar-refractivity contribution in [1.29, 1.82) is 5.41 Å². The number of carbonyl (C=O) groups is 1. The SMILES string of the molecule is CCCCCNC(=O)NC(=N)Nc1ccccn1. The van der Waals surface area contributed by atoms with Gasteiger partial charge in [0.1, 0.15) is 5.82 Å². The van der Waals surface area contributed by atoms with Crippen molar-refractivity contribution >= 4 is 17.8 Å². The fraction of sp³-hybridized carbons (Fsp3) is 0.417. The van der Waals surface area contributed by atoms with E-state index in [-0.39, 0.29) is 12.0 Å². The lowest BCUT2D eigenvalue weighted by atomic mass is 10.2. The molecule has 0 aliphatic carbocycles. The number of nitrogens with zero attached hydrogens (tertiary/aromatic N) is 1. The van der Waals surface area contributed by atoms with Crippen molar-refractivity contribution in [1.82, 2.24) is 15.6 Å². The van der Waals surface area contributed by atoms with Gasteiger partial charge in [0.05, 0.1) is 0 Å². The van der Waals surface area contributed by atoms with Crippen molar-refractivity contribution in [2.45, 2.75) is 26.2 Å². The lowest BCUT2D eigenvalue weighted by molar-refractivity contribution is 0.245. The van der Waals surface area contributed by atoms with E-state index in [9.17, 15) is 4.79 Å². The fourth-order valence-corrected chi connectivity index (χ4v) is 1.33. The number of pyridine rings is 1. The van der Waals surface area contributed by atoms with Crippen LogP contribution in [0.1, 0.15) is 26.2 Å². The minimum Gasteiger partial charge on any atom is -0.338 e. The van der Waals surface area contributed by atoms with E-state index in [1.54, 1.807) is 24.4 Å². The Morgan fingerprint density at radius 3 is 2.89 bits per heavy atom. The number of unbranched alkanes of at least 4 members (excludes halogenated alkanes) is 2. The highest BCUT2D eigenvalue weighted by molar-refractivity contribution is 6.01. The van der Waals surface area contributed by atoms with Gasteiger partial charge in [-0.3, -0.25) is 10.7 Å². The second-order valence-corrected chi connectivity index (χ2v) is 3.80. The van der Waals surface area contributed by atoms with Crippen LogP contribution in [0.15, 0.2) is 24.4 Å². The highest BCUT2D eigenvalue weighted by Gasteiger charge is 2.03. The Bertz CT molecular complexity index is 379. The highest BCUT2D eigenvalue weighted by atomic mass is 16.2. The van der Waals surface area contributed by atoms with Crippen molar-refractivity contribution in [2.75, 3.05) is 11.9 Å². The van der Waals surface area contributed by atoms with E-state index in [0.29, 0.717) is 12.4 Å². The van der Waals surface area contributed by atoms with Gasteiger partial charge < -0.3 is 10.6 Å². The van der Waals surface area contributed by atoms with E-state index in [1.807, 2.05) is 0 Å². The van der Waals surface area contributed by atoms with E-state index in [1.165, 1.54) is 0 Å². The Balaban J connectivity index is 2.21. The first kappa shape index (κ1) is 14.0. The van der Waals surface area contributed by atoms with Gasteiger partial charge in [0.2, 0.25) is 5.96 Å². The number of hydrogen-bond donors (Lipinski definition) is 4. The Kier molecular flexibility index (Phi) is 6.24. The van der Waals surface area contributed by atoms with Crippen LogP contribution in [0.5, 0.6) is 0 Å². The Hall–Kier alpha value is -2.11. The summed E-state index contributed by atoms with van der Waals surface area (Å²) in [5.41, 5.74) is 0. The summed E-state index contributed by atoms with van der Waals surface area (Å²) < 4.78 is 0. The van der Waals surface area contributed by atoms with Gasteiger partial charge in [0, 0.05) is 12.7 Å². The third-order valence-electron chi connectivity index (χ3n) is 2.22. The Morgan fingerprint density at radius 2 is 2.22 bits per heavy atom. The number of guanidine groups is 1. The van der Waals surface area contributed by atoms with Crippen LogP contribution in [0.3, 0.4) is 0 Å². The monoisotopic (exact) mass is 249 g/mol. The van der Waals surface area contributed by atoms with Crippen molar-refractivity contribution in [2.24, 2.45) is 0 Å². The molecule has 1 rings (SSSR count). The molecular formula is C12H19N5O. The van der Waals surface area contributed by atoms with Crippen LogP contribution in [0.4, 0.5) is 10.6 Å². The maximum Gasteiger partial charge on any atom is 0.321 e.